The molecule has 2 aromatic heterocycles. The third kappa shape index (κ3) is 3.67. The number of aryl methyl sites for hydroxylation is 1. The SMILES string of the molecule is COc1cc(C(=O)NC(C)c2cn(-c3ncccc3C)nn2)ccc1Cl. The minimum Gasteiger partial charge on any atom is -0.495 e. The molecule has 1 unspecified atom stereocenters. The molecule has 0 spiro atoms. The first-order valence-corrected chi connectivity index (χ1v) is 8.36. The highest BCUT2D eigenvalue weighted by Gasteiger charge is 2.16. The molecule has 0 saturated carbocycles. The van der Waals surface area contributed by atoms with Crippen LogP contribution in [0.1, 0.15) is 34.6 Å². The summed E-state index contributed by atoms with van der Waals surface area (Å²) in [5.41, 5.74) is 2.06. The van der Waals surface area contributed by atoms with Gasteiger partial charge in [-0.2, -0.15) is 0 Å². The molecule has 0 fully saturated rings. The van der Waals surface area contributed by atoms with Gasteiger partial charge in [-0.3, -0.25) is 4.79 Å². The molecule has 3 rings (SSSR count). The first-order valence-electron chi connectivity index (χ1n) is 7.98. The van der Waals surface area contributed by atoms with Gasteiger partial charge in [0.05, 0.1) is 24.4 Å². The summed E-state index contributed by atoms with van der Waals surface area (Å²) in [7, 11) is 1.50. The Morgan fingerprint density at radius 2 is 2.15 bits per heavy atom. The smallest absolute Gasteiger partial charge is 0.251 e. The van der Waals surface area contributed by atoms with Gasteiger partial charge in [0.1, 0.15) is 11.4 Å². The normalized spacial score (nSPS) is 11.8. The molecule has 0 radical (unpaired) electrons. The highest BCUT2D eigenvalue weighted by atomic mass is 35.5. The summed E-state index contributed by atoms with van der Waals surface area (Å²) >= 11 is 5.99. The van der Waals surface area contributed by atoms with Gasteiger partial charge in [-0.15, -0.1) is 5.10 Å². The largest absolute Gasteiger partial charge is 0.495 e. The quantitative estimate of drug-likeness (QED) is 0.745. The summed E-state index contributed by atoms with van der Waals surface area (Å²) in [6.45, 7) is 3.79. The molecule has 1 amide bonds. The fraction of sp³-hybridized carbons (Fsp3) is 0.222. The standard InChI is InChI=1S/C18H18ClN5O2/c1-11-5-4-8-20-17(11)24-10-15(22-23-24)12(2)21-18(25)13-6-7-14(19)16(9-13)26-3/h4-10,12H,1-3H3,(H,21,25). The fourth-order valence-electron chi connectivity index (χ4n) is 2.45. The van der Waals surface area contributed by atoms with Crippen molar-refractivity contribution < 1.29 is 9.53 Å². The van der Waals surface area contributed by atoms with E-state index < -0.39 is 0 Å². The van der Waals surface area contributed by atoms with Crippen LogP contribution in [0.4, 0.5) is 0 Å². The maximum Gasteiger partial charge on any atom is 0.251 e. The van der Waals surface area contributed by atoms with E-state index in [1.807, 2.05) is 26.0 Å². The molecule has 1 atom stereocenters. The van der Waals surface area contributed by atoms with E-state index in [1.165, 1.54) is 7.11 Å². The van der Waals surface area contributed by atoms with Gasteiger partial charge < -0.3 is 10.1 Å². The number of carbonyl (C=O) groups is 1. The zero-order valence-corrected chi connectivity index (χ0v) is 15.4. The van der Waals surface area contributed by atoms with Crippen LogP contribution in [0, 0.1) is 6.92 Å². The van der Waals surface area contributed by atoms with Gasteiger partial charge in [0.25, 0.3) is 5.91 Å². The van der Waals surface area contributed by atoms with Crippen molar-refractivity contribution in [3.05, 3.63) is 64.6 Å². The van der Waals surface area contributed by atoms with Gasteiger partial charge in [-0.1, -0.05) is 22.9 Å². The minimum absolute atomic E-state index is 0.254. The van der Waals surface area contributed by atoms with Gasteiger partial charge in [0, 0.05) is 11.8 Å². The molecule has 26 heavy (non-hydrogen) atoms. The van der Waals surface area contributed by atoms with Gasteiger partial charge in [0.2, 0.25) is 0 Å². The lowest BCUT2D eigenvalue weighted by Gasteiger charge is -2.12. The second-order valence-electron chi connectivity index (χ2n) is 5.78. The lowest BCUT2D eigenvalue weighted by atomic mass is 10.1. The molecule has 1 aromatic carbocycles. The number of pyridine rings is 1. The van der Waals surface area contributed by atoms with E-state index in [1.54, 1.807) is 35.3 Å². The average Bonchev–Trinajstić information content (AvgIpc) is 3.12. The molecule has 0 aliphatic carbocycles. The number of amides is 1. The number of nitrogens with one attached hydrogen (secondary N) is 1. The number of nitrogens with zero attached hydrogens (tertiary/aromatic N) is 4. The molecule has 3 aromatic rings. The molecule has 0 saturated heterocycles. The number of hydrogen-bond acceptors (Lipinski definition) is 5. The van der Waals surface area contributed by atoms with Crippen molar-refractivity contribution in [2.24, 2.45) is 0 Å². The molecule has 0 bridgehead atoms. The Labute approximate surface area is 156 Å². The number of hydrogen-bond donors (Lipinski definition) is 1. The van der Waals surface area contributed by atoms with E-state index in [9.17, 15) is 4.79 Å². The number of aromatic nitrogens is 4. The van der Waals surface area contributed by atoms with Crippen LogP contribution in [0.15, 0.2) is 42.7 Å². The fourth-order valence-corrected chi connectivity index (χ4v) is 2.65. The molecule has 2 heterocycles. The van der Waals surface area contributed by atoms with Crippen molar-refractivity contribution in [1.29, 1.82) is 0 Å². The van der Waals surface area contributed by atoms with Crippen LogP contribution < -0.4 is 10.1 Å². The lowest BCUT2D eigenvalue weighted by Crippen LogP contribution is -2.26. The zero-order chi connectivity index (χ0) is 18.7. The Morgan fingerprint density at radius 3 is 2.88 bits per heavy atom. The predicted octanol–water partition coefficient (Wildman–Crippen LogP) is 3.12. The Morgan fingerprint density at radius 1 is 1.35 bits per heavy atom. The third-order valence-electron chi connectivity index (χ3n) is 3.91. The van der Waals surface area contributed by atoms with Crippen LogP contribution >= 0.6 is 11.6 Å². The van der Waals surface area contributed by atoms with Crippen LogP contribution in [0.25, 0.3) is 5.82 Å². The Kier molecular flexibility index (Phi) is 5.18. The van der Waals surface area contributed by atoms with Crippen molar-refractivity contribution in [3.63, 3.8) is 0 Å². The van der Waals surface area contributed by atoms with Crippen molar-refractivity contribution in [2.45, 2.75) is 19.9 Å². The van der Waals surface area contributed by atoms with Crippen LogP contribution in [0.3, 0.4) is 0 Å². The van der Waals surface area contributed by atoms with Crippen LogP contribution in [-0.4, -0.2) is 33.0 Å². The highest BCUT2D eigenvalue weighted by Crippen LogP contribution is 2.25. The highest BCUT2D eigenvalue weighted by molar-refractivity contribution is 6.32. The Balaban J connectivity index is 1.75. The summed E-state index contributed by atoms with van der Waals surface area (Å²) in [5, 5.41) is 11.6. The van der Waals surface area contributed by atoms with Crippen molar-refractivity contribution in [1.82, 2.24) is 25.3 Å². The monoisotopic (exact) mass is 371 g/mol. The topological polar surface area (TPSA) is 81.9 Å². The van der Waals surface area contributed by atoms with E-state index in [-0.39, 0.29) is 11.9 Å². The number of rotatable bonds is 5. The first kappa shape index (κ1) is 17.9. The van der Waals surface area contributed by atoms with Crippen LogP contribution in [0.2, 0.25) is 5.02 Å². The second kappa shape index (κ2) is 7.53. The molecule has 0 aliphatic heterocycles. The summed E-state index contributed by atoms with van der Waals surface area (Å²) in [4.78, 5) is 16.8. The summed E-state index contributed by atoms with van der Waals surface area (Å²) < 4.78 is 6.74. The molecule has 0 aliphatic rings. The summed E-state index contributed by atoms with van der Waals surface area (Å²) in [5.74, 6) is 0.895. The lowest BCUT2D eigenvalue weighted by molar-refractivity contribution is 0.0939. The minimum atomic E-state index is -0.332. The van der Waals surface area contributed by atoms with E-state index in [2.05, 4.69) is 20.6 Å². The van der Waals surface area contributed by atoms with E-state index in [0.29, 0.717) is 27.8 Å². The molecule has 8 heteroatoms. The number of halogens is 1. The Bertz CT molecular complexity index is 941. The maximum absolute atomic E-state index is 12.5. The number of methoxy groups -OCH3 is 1. The maximum atomic E-state index is 12.5. The van der Waals surface area contributed by atoms with E-state index in [0.717, 1.165) is 5.56 Å². The van der Waals surface area contributed by atoms with E-state index >= 15 is 0 Å². The van der Waals surface area contributed by atoms with Crippen LogP contribution in [-0.2, 0) is 0 Å². The summed E-state index contributed by atoms with van der Waals surface area (Å²) in [6, 6.07) is 8.34. The van der Waals surface area contributed by atoms with Gasteiger partial charge in [-0.05, 0) is 43.7 Å². The van der Waals surface area contributed by atoms with Gasteiger partial charge >= 0.3 is 0 Å². The zero-order valence-electron chi connectivity index (χ0n) is 14.6. The molecular formula is C18H18ClN5O2. The third-order valence-corrected chi connectivity index (χ3v) is 4.23. The van der Waals surface area contributed by atoms with E-state index in [4.69, 9.17) is 16.3 Å². The molecule has 134 valence electrons. The van der Waals surface area contributed by atoms with Gasteiger partial charge in [0.15, 0.2) is 5.82 Å². The first-order chi connectivity index (χ1) is 12.5. The number of benzene rings is 1. The molecule has 7 nitrogen and oxygen atoms in total. The molecular weight excluding hydrogens is 354 g/mol. The van der Waals surface area contributed by atoms with Crippen LogP contribution in [0.5, 0.6) is 5.75 Å². The number of carbonyl (C=O) groups excluding carboxylic acids is 1. The summed E-state index contributed by atoms with van der Waals surface area (Å²) in [6.07, 6.45) is 3.45. The number of ether oxygens (including phenoxy) is 1. The van der Waals surface area contributed by atoms with Crippen molar-refractivity contribution >= 4 is 17.5 Å². The Hall–Kier alpha value is -2.93. The average molecular weight is 372 g/mol. The predicted molar refractivity (Wildman–Crippen MR) is 97.8 cm³/mol. The van der Waals surface area contributed by atoms with Crippen molar-refractivity contribution in [3.8, 4) is 11.6 Å². The van der Waals surface area contributed by atoms with Gasteiger partial charge in [-0.25, -0.2) is 9.67 Å². The second-order valence-corrected chi connectivity index (χ2v) is 6.18. The van der Waals surface area contributed by atoms with Crippen molar-refractivity contribution in [2.75, 3.05) is 7.11 Å². The molecule has 1 N–H and O–H groups in total.